The Labute approximate surface area is 163 Å². The average Bonchev–Trinajstić information content (AvgIpc) is 3.22. The summed E-state index contributed by atoms with van der Waals surface area (Å²) in [4.78, 5) is 14.4. The number of carbonyl (C=O) groups excluding carboxylic acids is 1. The van der Waals surface area contributed by atoms with Crippen molar-refractivity contribution in [3.8, 4) is 0 Å². The number of hydrogen-bond donors (Lipinski definition) is 0. The third-order valence-electron chi connectivity index (χ3n) is 5.66. The van der Waals surface area contributed by atoms with E-state index in [9.17, 15) is 9.18 Å². The van der Waals surface area contributed by atoms with E-state index in [-0.39, 0.29) is 23.9 Å². The van der Waals surface area contributed by atoms with Gasteiger partial charge in [-0.05, 0) is 38.7 Å². The second-order valence-electron chi connectivity index (χ2n) is 7.86. The number of halogens is 1. The lowest BCUT2D eigenvalue weighted by Crippen LogP contribution is -2.63. The Hall–Kier alpha value is -2.25. The molecule has 7 heteroatoms. The Morgan fingerprint density at radius 1 is 1.36 bits per heavy atom. The zero-order valence-electron chi connectivity index (χ0n) is 16.2. The van der Waals surface area contributed by atoms with Crippen molar-refractivity contribution in [1.82, 2.24) is 10.1 Å². The maximum absolute atomic E-state index is 13.6. The summed E-state index contributed by atoms with van der Waals surface area (Å²) in [6.07, 6.45) is 1.79. The molecule has 2 aliphatic heterocycles. The molecule has 2 aliphatic rings. The second-order valence-corrected chi connectivity index (χ2v) is 7.86. The molecule has 1 unspecified atom stereocenters. The molecule has 1 atom stereocenters. The minimum atomic E-state index is -0.233. The van der Waals surface area contributed by atoms with Gasteiger partial charge in [-0.25, -0.2) is 4.39 Å². The molecule has 28 heavy (non-hydrogen) atoms. The van der Waals surface area contributed by atoms with Gasteiger partial charge in [0, 0.05) is 12.2 Å². The van der Waals surface area contributed by atoms with Gasteiger partial charge in [-0.1, -0.05) is 23.4 Å². The molecule has 1 aromatic carbocycles. The molecule has 0 bridgehead atoms. The van der Waals surface area contributed by atoms with Gasteiger partial charge in [0.2, 0.25) is 0 Å². The van der Waals surface area contributed by atoms with Crippen LogP contribution in [0.3, 0.4) is 0 Å². The Morgan fingerprint density at radius 2 is 2.14 bits per heavy atom. The second kappa shape index (κ2) is 7.64. The van der Waals surface area contributed by atoms with Crippen LogP contribution in [-0.4, -0.2) is 47.9 Å². The average molecular weight is 388 g/mol. The number of hydrogen-bond acceptors (Lipinski definition) is 5. The predicted octanol–water partition coefficient (Wildman–Crippen LogP) is 3.27. The molecule has 1 spiro atoms. The lowest BCUT2D eigenvalue weighted by molar-refractivity contribution is -0.0951. The Morgan fingerprint density at radius 3 is 2.86 bits per heavy atom. The monoisotopic (exact) mass is 388 g/mol. The Bertz CT molecular complexity index is 840. The maximum atomic E-state index is 13.6. The molecule has 0 radical (unpaired) electrons. The number of aryl methyl sites for hydroxylation is 2. The van der Waals surface area contributed by atoms with Crippen LogP contribution in [0.4, 0.5) is 4.39 Å². The van der Waals surface area contributed by atoms with Crippen molar-refractivity contribution < 1.29 is 23.2 Å². The van der Waals surface area contributed by atoms with Gasteiger partial charge >= 0.3 is 0 Å². The van der Waals surface area contributed by atoms with Crippen molar-refractivity contribution in [2.24, 2.45) is 5.92 Å². The molecular weight excluding hydrogens is 363 g/mol. The van der Waals surface area contributed by atoms with Crippen LogP contribution in [0.2, 0.25) is 0 Å². The first-order chi connectivity index (χ1) is 13.5. The quantitative estimate of drug-likeness (QED) is 0.711. The van der Waals surface area contributed by atoms with Gasteiger partial charge < -0.3 is 18.9 Å². The SMILES string of the molecule is Cc1noc(C)c1C(=O)N1CC2(CC(CCOCc3ccccc3F)CO2)C1. The molecule has 2 saturated heterocycles. The normalized spacial score (nSPS) is 20.5. The van der Waals surface area contributed by atoms with Gasteiger partial charge in [0.25, 0.3) is 5.91 Å². The van der Waals surface area contributed by atoms with E-state index >= 15 is 0 Å². The van der Waals surface area contributed by atoms with Crippen molar-refractivity contribution in [3.05, 3.63) is 52.7 Å². The van der Waals surface area contributed by atoms with Crippen molar-refractivity contribution in [2.75, 3.05) is 26.3 Å². The number of carbonyl (C=O) groups is 1. The standard InChI is InChI=1S/C21H25FN2O4/c1-14-19(15(2)28-23-14)20(25)24-12-21(13-24)9-16(10-27-21)7-8-26-11-17-5-3-4-6-18(17)22/h3-6,16H,7-13H2,1-2H3. The van der Waals surface area contributed by atoms with Crippen molar-refractivity contribution >= 4 is 5.91 Å². The van der Waals surface area contributed by atoms with Crippen LogP contribution in [0.15, 0.2) is 28.8 Å². The summed E-state index contributed by atoms with van der Waals surface area (Å²) >= 11 is 0. The van der Waals surface area contributed by atoms with E-state index in [0.29, 0.717) is 54.8 Å². The summed E-state index contributed by atoms with van der Waals surface area (Å²) in [7, 11) is 0. The summed E-state index contributed by atoms with van der Waals surface area (Å²) in [5.74, 6) is 0.683. The fourth-order valence-electron chi connectivity index (χ4n) is 4.13. The first-order valence-corrected chi connectivity index (χ1v) is 9.65. The number of likely N-dealkylation sites (tertiary alicyclic amines) is 1. The summed E-state index contributed by atoms with van der Waals surface area (Å²) in [6.45, 7) is 6.27. The van der Waals surface area contributed by atoms with Gasteiger partial charge in [0.15, 0.2) is 0 Å². The van der Waals surface area contributed by atoms with E-state index in [2.05, 4.69) is 5.16 Å². The van der Waals surface area contributed by atoms with Crippen molar-refractivity contribution in [1.29, 1.82) is 0 Å². The molecule has 2 aromatic rings. The van der Waals surface area contributed by atoms with Crippen LogP contribution >= 0.6 is 0 Å². The molecule has 3 heterocycles. The van der Waals surface area contributed by atoms with Crippen LogP contribution in [0.5, 0.6) is 0 Å². The fourth-order valence-corrected chi connectivity index (χ4v) is 4.13. The van der Waals surface area contributed by atoms with Gasteiger partial charge in [0.05, 0.1) is 32.0 Å². The summed E-state index contributed by atoms with van der Waals surface area (Å²) < 4.78 is 30.4. The number of aromatic nitrogens is 1. The van der Waals surface area contributed by atoms with Crippen molar-refractivity contribution in [2.45, 2.75) is 38.9 Å². The van der Waals surface area contributed by atoms with E-state index < -0.39 is 0 Å². The van der Waals surface area contributed by atoms with Crippen LogP contribution in [-0.2, 0) is 16.1 Å². The number of ether oxygens (including phenoxy) is 2. The molecule has 150 valence electrons. The Balaban J connectivity index is 1.21. The number of nitrogens with zero attached hydrogens (tertiary/aromatic N) is 2. The summed E-state index contributed by atoms with van der Waals surface area (Å²) in [5.41, 5.74) is 1.53. The lowest BCUT2D eigenvalue weighted by atomic mass is 9.85. The number of benzene rings is 1. The van der Waals surface area contributed by atoms with E-state index in [1.54, 1.807) is 30.9 Å². The highest BCUT2D eigenvalue weighted by molar-refractivity contribution is 5.96. The van der Waals surface area contributed by atoms with Crippen molar-refractivity contribution in [3.63, 3.8) is 0 Å². The highest BCUT2D eigenvalue weighted by Crippen LogP contribution is 2.40. The zero-order chi connectivity index (χ0) is 19.7. The Kier molecular flexibility index (Phi) is 5.21. The van der Waals surface area contributed by atoms with Gasteiger partial charge in [-0.3, -0.25) is 4.79 Å². The fraction of sp³-hybridized carbons (Fsp3) is 0.524. The zero-order valence-corrected chi connectivity index (χ0v) is 16.2. The number of rotatable bonds is 6. The maximum Gasteiger partial charge on any atom is 0.259 e. The highest BCUT2D eigenvalue weighted by atomic mass is 19.1. The molecule has 0 saturated carbocycles. The summed E-state index contributed by atoms with van der Waals surface area (Å²) in [6, 6.07) is 6.66. The molecule has 0 aliphatic carbocycles. The minimum Gasteiger partial charge on any atom is -0.377 e. The van der Waals surface area contributed by atoms with E-state index in [0.717, 1.165) is 12.8 Å². The first kappa shape index (κ1) is 19.1. The van der Waals surface area contributed by atoms with Gasteiger partial charge in [-0.2, -0.15) is 0 Å². The first-order valence-electron chi connectivity index (χ1n) is 9.65. The van der Waals surface area contributed by atoms with E-state index in [4.69, 9.17) is 14.0 Å². The molecule has 4 rings (SSSR count). The molecular formula is C21H25FN2O4. The highest BCUT2D eigenvalue weighted by Gasteiger charge is 2.51. The van der Waals surface area contributed by atoms with Crippen LogP contribution in [0.1, 0.15) is 40.2 Å². The third kappa shape index (κ3) is 3.69. The lowest BCUT2D eigenvalue weighted by Gasteiger charge is -2.47. The molecule has 0 N–H and O–H groups in total. The van der Waals surface area contributed by atoms with E-state index in [1.165, 1.54) is 6.07 Å². The summed E-state index contributed by atoms with van der Waals surface area (Å²) in [5, 5.41) is 3.86. The molecule has 1 aromatic heterocycles. The van der Waals surface area contributed by atoms with Crippen LogP contribution in [0, 0.1) is 25.6 Å². The van der Waals surface area contributed by atoms with E-state index in [1.807, 2.05) is 6.07 Å². The predicted molar refractivity (Wildman–Crippen MR) is 99.3 cm³/mol. The van der Waals surface area contributed by atoms with Gasteiger partial charge in [0.1, 0.15) is 22.7 Å². The van der Waals surface area contributed by atoms with Crippen LogP contribution in [0.25, 0.3) is 0 Å². The smallest absolute Gasteiger partial charge is 0.259 e. The molecule has 2 fully saturated rings. The van der Waals surface area contributed by atoms with Gasteiger partial charge in [-0.15, -0.1) is 0 Å². The largest absolute Gasteiger partial charge is 0.377 e. The van der Waals surface area contributed by atoms with Crippen LogP contribution < -0.4 is 0 Å². The topological polar surface area (TPSA) is 64.8 Å². The minimum absolute atomic E-state index is 0.0397. The third-order valence-corrected chi connectivity index (χ3v) is 5.66. The molecule has 1 amide bonds. The molecule has 6 nitrogen and oxygen atoms in total. The number of amides is 1.